The molecule has 0 saturated carbocycles. The minimum absolute atomic E-state index is 0.0853. The van der Waals surface area contributed by atoms with Crippen LogP contribution in [0.4, 0.5) is 18.9 Å². The van der Waals surface area contributed by atoms with E-state index < -0.39 is 23.9 Å². The number of aldehydes is 1. The van der Waals surface area contributed by atoms with E-state index in [0.29, 0.717) is 56.0 Å². The zero-order valence-corrected chi connectivity index (χ0v) is 17.7. The van der Waals surface area contributed by atoms with Gasteiger partial charge in [-0.3, -0.25) is 19.3 Å². The van der Waals surface area contributed by atoms with Crippen LogP contribution >= 0.6 is 11.3 Å². The number of anilines is 1. The number of fused-ring (bicyclic) bond motifs is 1. The summed E-state index contributed by atoms with van der Waals surface area (Å²) in [5.74, 6) is -0.242. The molecule has 1 aromatic carbocycles. The van der Waals surface area contributed by atoms with Crippen molar-refractivity contribution in [2.75, 3.05) is 38.0 Å². The number of carbonyl (C=O) groups is 3. The summed E-state index contributed by atoms with van der Waals surface area (Å²) in [6.07, 6.45) is -4.43. The third-order valence-corrected chi connectivity index (χ3v) is 6.36. The number of amides is 1. The molecule has 2 aliphatic heterocycles. The maximum Gasteiger partial charge on any atom is 0.417 e. The van der Waals surface area contributed by atoms with Gasteiger partial charge in [0, 0.05) is 44.7 Å². The van der Waals surface area contributed by atoms with Gasteiger partial charge in [-0.05, 0) is 29.6 Å². The van der Waals surface area contributed by atoms with E-state index in [1.807, 2.05) is 4.90 Å². The van der Waals surface area contributed by atoms with E-state index in [4.69, 9.17) is 4.74 Å². The first-order valence-electron chi connectivity index (χ1n) is 9.98. The summed E-state index contributed by atoms with van der Waals surface area (Å²) in [5, 5.41) is 4.14. The molecule has 7 nitrogen and oxygen atoms in total. The second-order valence-corrected chi connectivity index (χ2v) is 8.41. The molecular formula is C21H20F3N3O4S. The van der Waals surface area contributed by atoms with Gasteiger partial charge in [-0.25, -0.2) is 0 Å². The fourth-order valence-corrected chi connectivity index (χ4v) is 4.59. The molecule has 0 aliphatic carbocycles. The number of carbonyl (C=O) groups excluding carboxylic acids is 3. The van der Waals surface area contributed by atoms with Crippen LogP contribution in [-0.4, -0.2) is 66.7 Å². The van der Waals surface area contributed by atoms with Gasteiger partial charge >= 0.3 is 6.18 Å². The Morgan fingerprint density at radius 3 is 2.62 bits per heavy atom. The smallest absolute Gasteiger partial charge is 0.417 e. The first-order chi connectivity index (χ1) is 15.3. The van der Waals surface area contributed by atoms with E-state index in [-0.39, 0.29) is 17.1 Å². The molecule has 1 atom stereocenters. The van der Waals surface area contributed by atoms with Gasteiger partial charge in [-0.15, -0.1) is 11.3 Å². The van der Waals surface area contributed by atoms with E-state index in [9.17, 15) is 27.6 Å². The maximum atomic E-state index is 13.1. The number of piperazine rings is 1. The predicted octanol–water partition coefficient (Wildman–Crippen LogP) is 3.13. The number of thiophene rings is 1. The Labute approximate surface area is 185 Å². The van der Waals surface area contributed by atoms with Crippen molar-refractivity contribution in [3.05, 3.63) is 45.6 Å². The summed E-state index contributed by atoms with van der Waals surface area (Å²) >= 11 is 0.797. The van der Waals surface area contributed by atoms with Gasteiger partial charge in [0.15, 0.2) is 12.1 Å². The first kappa shape index (κ1) is 22.3. The number of ether oxygens (including phenoxy) is 1. The minimum Gasteiger partial charge on any atom is -0.461 e. The number of benzene rings is 1. The molecule has 11 heteroatoms. The van der Waals surface area contributed by atoms with Gasteiger partial charge in [0.1, 0.15) is 10.6 Å². The van der Waals surface area contributed by atoms with E-state index in [1.165, 1.54) is 10.3 Å². The molecule has 0 spiro atoms. The Balaban J connectivity index is 1.28. The van der Waals surface area contributed by atoms with Crippen molar-refractivity contribution < 1.29 is 32.3 Å². The Bertz CT molecular complexity index is 1030. The summed E-state index contributed by atoms with van der Waals surface area (Å²) in [5.41, 5.74) is 0.232. The second-order valence-electron chi connectivity index (χ2n) is 7.50. The number of nitrogens with zero attached hydrogens (tertiary/aromatic N) is 2. The summed E-state index contributed by atoms with van der Waals surface area (Å²) in [6.45, 7) is 2.02. The highest BCUT2D eigenvalue weighted by Crippen LogP contribution is 2.35. The molecule has 3 heterocycles. The lowest BCUT2D eigenvalue weighted by Crippen LogP contribution is -2.49. The van der Waals surface area contributed by atoms with Gasteiger partial charge < -0.3 is 15.0 Å². The molecule has 4 rings (SSSR count). The SMILES string of the molecule is O=CC1Nc2ccc(C(=O)CCN3CCN(C(=O)c4sccc4C(F)(F)F)CC3)cc2O1. The maximum absolute atomic E-state index is 13.1. The Hall–Kier alpha value is -2.92. The third-order valence-electron chi connectivity index (χ3n) is 5.46. The fourth-order valence-electron chi connectivity index (χ4n) is 3.71. The van der Waals surface area contributed by atoms with Gasteiger partial charge in [-0.1, -0.05) is 0 Å². The van der Waals surface area contributed by atoms with Crippen molar-refractivity contribution in [2.24, 2.45) is 0 Å². The van der Waals surface area contributed by atoms with E-state index >= 15 is 0 Å². The Morgan fingerprint density at radius 2 is 1.94 bits per heavy atom. The van der Waals surface area contributed by atoms with Crippen LogP contribution < -0.4 is 10.1 Å². The number of hydrogen-bond donors (Lipinski definition) is 1. The zero-order chi connectivity index (χ0) is 22.9. The molecule has 1 aromatic heterocycles. The van der Waals surface area contributed by atoms with Crippen molar-refractivity contribution in [1.82, 2.24) is 9.80 Å². The minimum atomic E-state index is -4.56. The number of Topliss-reactive ketones (excluding diaryl/α,β-unsaturated/α-hetero) is 1. The molecule has 0 bridgehead atoms. The highest BCUT2D eigenvalue weighted by molar-refractivity contribution is 7.12. The molecule has 0 radical (unpaired) electrons. The molecule has 2 aromatic rings. The number of rotatable bonds is 6. The molecule has 1 saturated heterocycles. The van der Waals surface area contributed by atoms with Crippen molar-refractivity contribution in [3.63, 3.8) is 0 Å². The zero-order valence-electron chi connectivity index (χ0n) is 16.9. The summed E-state index contributed by atoms with van der Waals surface area (Å²) < 4.78 is 44.6. The average Bonchev–Trinajstić information content (AvgIpc) is 3.43. The van der Waals surface area contributed by atoms with Crippen LogP contribution in [0.2, 0.25) is 0 Å². The largest absolute Gasteiger partial charge is 0.461 e. The summed E-state index contributed by atoms with van der Waals surface area (Å²) in [4.78, 5) is 39.1. The van der Waals surface area contributed by atoms with Crippen molar-refractivity contribution in [3.8, 4) is 5.75 Å². The van der Waals surface area contributed by atoms with Crippen LogP contribution in [0, 0.1) is 0 Å². The number of hydrogen-bond acceptors (Lipinski definition) is 7. The molecule has 1 fully saturated rings. The molecule has 1 unspecified atom stereocenters. The predicted molar refractivity (Wildman–Crippen MR) is 111 cm³/mol. The van der Waals surface area contributed by atoms with Crippen molar-refractivity contribution in [1.29, 1.82) is 0 Å². The number of alkyl halides is 3. The third kappa shape index (κ3) is 4.63. The molecule has 170 valence electrons. The van der Waals surface area contributed by atoms with E-state index in [0.717, 1.165) is 17.4 Å². The average molecular weight is 467 g/mol. The van der Waals surface area contributed by atoms with Crippen LogP contribution in [0.3, 0.4) is 0 Å². The van der Waals surface area contributed by atoms with Gasteiger partial charge in [-0.2, -0.15) is 13.2 Å². The lowest BCUT2D eigenvalue weighted by Gasteiger charge is -2.34. The monoisotopic (exact) mass is 467 g/mol. The van der Waals surface area contributed by atoms with E-state index in [2.05, 4.69) is 5.32 Å². The van der Waals surface area contributed by atoms with Gasteiger partial charge in [0.2, 0.25) is 6.23 Å². The number of ketones is 1. The molecule has 1 amide bonds. The quantitative estimate of drug-likeness (QED) is 0.520. The lowest BCUT2D eigenvalue weighted by atomic mass is 10.1. The topological polar surface area (TPSA) is 79.0 Å². The lowest BCUT2D eigenvalue weighted by molar-refractivity contribution is -0.137. The van der Waals surface area contributed by atoms with Crippen molar-refractivity contribution >= 4 is 35.0 Å². The standard InChI is InChI=1S/C21H20F3N3O4S/c22-21(23,24)14-4-10-32-19(14)20(30)27-8-6-26(7-9-27)5-3-16(29)13-1-2-15-17(11-13)31-18(12-28)25-15/h1-2,4,10-12,18,25H,3,5-9H2. The summed E-state index contributed by atoms with van der Waals surface area (Å²) in [7, 11) is 0. The van der Waals surface area contributed by atoms with Crippen molar-refractivity contribution in [2.45, 2.75) is 18.8 Å². The number of nitrogens with one attached hydrogen (secondary N) is 1. The molecule has 2 aliphatic rings. The van der Waals surface area contributed by atoms with E-state index in [1.54, 1.807) is 18.2 Å². The molecular weight excluding hydrogens is 447 g/mol. The van der Waals surface area contributed by atoms with Crippen LogP contribution in [0.15, 0.2) is 29.6 Å². The highest BCUT2D eigenvalue weighted by atomic mass is 32.1. The first-order valence-corrected chi connectivity index (χ1v) is 10.9. The Kier molecular flexibility index (Phi) is 6.20. The van der Waals surface area contributed by atoms with Gasteiger partial charge in [0.05, 0.1) is 11.3 Å². The fraction of sp³-hybridized carbons (Fsp3) is 0.381. The van der Waals surface area contributed by atoms with Crippen LogP contribution in [0.1, 0.15) is 32.0 Å². The second kappa shape index (κ2) is 8.91. The summed E-state index contributed by atoms with van der Waals surface area (Å²) in [6, 6.07) is 5.89. The van der Waals surface area contributed by atoms with Crippen LogP contribution in [-0.2, 0) is 11.0 Å². The van der Waals surface area contributed by atoms with Gasteiger partial charge in [0.25, 0.3) is 5.91 Å². The Morgan fingerprint density at radius 1 is 1.19 bits per heavy atom. The van der Waals surface area contributed by atoms with Crippen LogP contribution in [0.25, 0.3) is 0 Å². The van der Waals surface area contributed by atoms with Crippen LogP contribution in [0.5, 0.6) is 5.75 Å². The highest BCUT2D eigenvalue weighted by Gasteiger charge is 2.37. The molecule has 1 N–H and O–H groups in total. The molecule has 32 heavy (non-hydrogen) atoms. The normalized spacial score (nSPS) is 18.6. The number of halogens is 3.